The number of nitrogens with two attached hydrogens (primary N) is 1. The molecule has 2 aromatic carbocycles. The van der Waals surface area contributed by atoms with E-state index in [9.17, 15) is 0 Å². The molecule has 3 rings (SSSR count). The molecule has 0 aliphatic carbocycles. The number of hydrogen-bond acceptors (Lipinski definition) is 3. The van der Waals surface area contributed by atoms with Crippen molar-refractivity contribution >= 4 is 32.6 Å². The Balaban J connectivity index is 1.83. The molecular weight excluding hydrogens is 306 g/mol. The largest absolute Gasteiger partial charge is 0.484 e. The summed E-state index contributed by atoms with van der Waals surface area (Å²) in [7, 11) is 0. The number of rotatable bonds is 3. The summed E-state index contributed by atoms with van der Waals surface area (Å²) in [6.45, 7) is 0.372. The van der Waals surface area contributed by atoms with E-state index in [1.807, 2.05) is 48.5 Å². The molecule has 96 valence electrons. The summed E-state index contributed by atoms with van der Waals surface area (Å²) >= 11 is 3.44. The number of anilines is 1. The van der Waals surface area contributed by atoms with Crippen molar-refractivity contribution in [3.8, 4) is 5.75 Å². The van der Waals surface area contributed by atoms with Gasteiger partial charge in [-0.3, -0.25) is 0 Å². The Morgan fingerprint density at radius 2 is 1.95 bits per heavy atom. The van der Waals surface area contributed by atoms with Gasteiger partial charge in [0, 0.05) is 5.39 Å². The highest BCUT2D eigenvalue weighted by Gasteiger charge is 2.07. The van der Waals surface area contributed by atoms with Crippen LogP contribution < -0.4 is 10.5 Å². The van der Waals surface area contributed by atoms with Crippen LogP contribution in [0.1, 0.15) is 5.76 Å². The highest BCUT2D eigenvalue weighted by atomic mass is 79.9. The van der Waals surface area contributed by atoms with Gasteiger partial charge in [-0.1, -0.05) is 24.3 Å². The maximum absolute atomic E-state index is 5.86. The zero-order valence-corrected chi connectivity index (χ0v) is 11.7. The van der Waals surface area contributed by atoms with Gasteiger partial charge in [0.1, 0.15) is 18.1 Å². The van der Waals surface area contributed by atoms with E-state index in [0.29, 0.717) is 17.9 Å². The molecule has 0 amide bonds. The smallest absolute Gasteiger partial charge is 0.157 e. The number of nitrogen functional groups attached to an aromatic ring is 1. The number of para-hydroxylation sites is 2. The minimum Gasteiger partial charge on any atom is -0.484 e. The zero-order chi connectivity index (χ0) is 13.2. The topological polar surface area (TPSA) is 48.4 Å². The number of fused-ring (bicyclic) bond motifs is 1. The van der Waals surface area contributed by atoms with Gasteiger partial charge in [-0.25, -0.2) is 0 Å². The van der Waals surface area contributed by atoms with E-state index in [1.54, 1.807) is 0 Å². The molecule has 1 heterocycles. The first kappa shape index (κ1) is 12.1. The van der Waals surface area contributed by atoms with E-state index in [4.69, 9.17) is 14.9 Å². The molecule has 0 fully saturated rings. The van der Waals surface area contributed by atoms with E-state index >= 15 is 0 Å². The first-order chi connectivity index (χ1) is 9.24. The predicted octanol–water partition coefficient (Wildman–Crippen LogP) is 4.36. The van der Waals surface area contributed by atoms with Gasteiger partial charge < -0.3 is 14.9 Å². The van der Waals surface area contributed by atoms with Crippen LogP contribution in [0, 0.1) is 0 Å². The van der Waals surface area contributed by atoms with Gasteiger partial charge in [0.2, 0.25) is 0 Å². The average Bonchev–Trinajstić information content (AvgIpc) is 2.82. The standard InChI is InChI=1S/C15H12BrNO2/c16-12-5-1-2-7-14(12)18-9-11-8-10-4-3-6-13(17)15(10)19-11/h1-8H,9,17H2. The third-order valence-corrected chi connectivity index (χ3v) is 3.49. The van der Waals surface area contributed by atoms with Crippen molar-refractivity contribution in [3.05, 3.63) is 58.8 Å². The summed E-state index contributed by atoms with van der Waals surface area (Å²) < 4.78 is 12.3. The number of halogens is 1. The van der Waals surface area contributed by atoms with Gasteiger partial charge in [0.15, 0.2) is 5.58 Å². The maximum Gasteiger partial charge on any atom is 0.157 e. The van der Waals surface area contributed by atoms with Crippen molar-refractivity contribution in [2.75, 3.05) is 5.73 Å². The van der Waals surface area contributed by atoms with Crippen molar-refractivity contribution in [1.29, 1.82) is 0 Å². The quantitative estimate of drug-likeness (QED) is 0.730. The molecule has 0 bridgehead atoms. The molecule has 2 N–H and O–H groups in total. The van der Waals surface area contributed by atoms with Crippen molar-refractivity contribution in [2.24, 2.45) is 0 Å². The lowest BCUT2D eigenvalue weighted by molar-refractivity contribution is 0.273. The summed E-state index contributed by atoms with van der Waals surface area (Å²) in [5.74, 6) is 1.54. The molecule has 0 spiro atoms. The fourth-order valence-corrected chi connectivity index (χ4v) is 2.32. The molecule has 3 nitrogen and oxygen atoms in total. The Morgan fingerprint density at radius 3 is 2.74 bits per heavy atom. The minimum absolute atomic E-state index is 0.372. The van der Waals surface area contributed by atoms with Crippen LogP contribution in [0.3, 0.4) is 0 Å². The van der Waals surface area contributed by atoms with Crippen molar-refractivity contribution in [1.82, 2.24) is 0 Å². The second kappa shape index (κ2) is 4.97. The second-order valence-corrected chi connectivity index (χ2v) is 5.05. The number of ether oxygens (including phenoxy) is 1. The predicted molar refractivity (Wildman–Crippen MR) is 79.1 cm³/mol. The van der Waals surface area contributed by atoms with Gasteiger partial charge in [-0.15, -0.1) is 0 Å². The molecule has 0 atom stereocenters. The molecule has 0 radical (unpaired) electrons. The third kappa shape index (κ3) is 2.44. The molecular formula is C15H12BrNO2. The Labute approximate surface area is 119 Å². The molecule has 0 aliphatic heterocycles. The summed E-state index contributed by atoms with van der Waals surface area (Å²) in [5, 5.41) is 0.991. The highest BCUT2D eigenvalue weighted by Crippen LogP contribution is 2.27. The summed E-state index contributed by atoms with van der Waals surface area (Å²) in [5.41, 5.74) is 7.22. The minimum atomic E-state index is 0.372. The van der Waals surface area contributed by atoms with Gasteiger partial charge in [0.25, 0.3) is 0 Å². The van der Waals surface area contributed by atoms with Crippen LogP contribution in [-0.4, -0.2) is 0 Å². The zero-order valence-electron chi connectivity index (χ0n) is 10.1. The lowest BCUT2D eigenvalue weighted by Crippen LogP contribution is -1.93. The Bertz CT molecular complexity index is 721. The monoisotopic (exact) mass is 317 g/mol. The average molecular weight is 318 g/mol. The van der Waals surface area contributed by atoms with Crippen molar-refractivity contribution in [3.63, 3.8) is 0 Å². The van der Waals surface area contributed by atoms with Crippen LogP contribution >= 0.6 is 15.9 Å². The number of furan rings is 1. The van der Waals surface area contributed by atoms with E-state index in [-0.39, 0.29) is 0 Å². The summed E-state index contributed by atoms with van der Waals surface area (Å²) in [6.07, 6.45) is 0. The molecule has 4 heteroatoms. The van der Waals surface area contributed by atoms with E-state index < -0.39 is 0 Å². The molecule has 0 aliphatic rings. The second-order valence-electron chi connectivity index (χ2n) is 4.20. The van der Waals surface area contributed by atoms with E-state index in [1.165, 1.54) is 0 Å². The van der Waals surface area contributed by atoms with Crippen LogP contribution in [0.4, 0.5) is 5.69 Å². The Morgan fingerprint density at radius 1 is 1.11 bits per heavy atom. The van der Waals surface area contributed by atoms with Crippen molar-refractivity contribution < 1.29 is 9.15 Å². The third-order valence-electron chi connectivity index (χ3n) is 2.83. The molecule has 0 saturated heterocycles. The van der Waals surface area contributed by atoms with Crippen molar-refractivity contribution in [2.45, 2.75) is 6.61 Å². The molecule has 1 aromatic heterocycles. The highest BCUT2D eigenvalue weighted by molar-refractivity contribution is 9.10. The van der Waals surface area contributed by atoms with Crippen LogP contribution in [0.15, 0.2) is 57.4 Å². The summed E-state index contributed by atoms with van der Waals surface area (Å²) in [4.78, 5) is 0. The van der Waals surface area contributed by atoms with Crippen LogP contribution in [0.2, 0.25) is 0 Å². The Hall–Kier alpha value is -1.94. The summed E-state index contributed by atoms with van der Waals surface area (Å²) in [6, 6.07) is 15.4. The lowest BCUT2D eigenvalue weighted by Gasteiger charge is -2.05. The first-order valence-electron chi connectivity index (χ1n) is 5.88. The van der Waals surface area contributed by atoms with Gasteiger partial charge in [-0.05, 0) is 40.2 Å². The van der Waals surface area contributed by atoms with Gasteiger partial charge in [-0.2, -0.15) is 0 Å². The molecule has 0 unspecified atom stereocenters. The molecule has 3 aromatic rings. The SMILES string of the molecule is Nc1cccc2cc(COc3ccccc3Br)oc12. The van der Waals surface area contributed by atoms with E-state index in [2.05, 4.69) is 15.9 Å². The van der Waals surface area contributed by atoms with Crippen LogP contribution in [-0.2, 0) is 6.61 Å². The Kier molecular flexibility index (Phi) is 3.17. The number of benzene rings is 2. The van der Waals surface area contributed by atoms with Crippen LogP contribution in [0.25, 0.3) is 11.0 Å². The first-order valence-corrected chi connectivity index (χ1v) is 6.67. The fraction of sp³-hybridized carbons (Fsp3) is 0.0667. The maximum atomic E-state index is 5.86. The van der Waals surface area contributed by atoms with Crippen LogP contribution in [0.5, 0.6) is 5.75 Å². The molecule has 19 heavy (non-hydrogen) atoms. The number of hydrogen-bond donors (Lipinski definition) is 1. The fourth-order valence-electron chi connectivity index (χ4n) is 1.92. The van der Waals surface area contributed by atoms with E-state index in [0.717, 1.165) is 21.4 Å². The van der Waals surface area contributed by atoms with Gasteiger partial charge in [0.05, 0.1) is 10.2 Å². The normalized spacial score (nSPS) is 10.8. The van der Waals surface area contributed by atoms with Gasteiger partial charge >= 0.3 is 0 Å². The molecule has 0 saturated carbocycles. The lowest BCUT2D eigenvalue weighted by atomic mass is 10.2.